The van der Waals surface area contributed by atoms with Crippen LogP contribution in [-0.4, -0.2) is 22.9 Å². The highest BCUT2D eigenvalue weighted by molar-refractivity contribution is 7.08. The van der Waals surface area contributed by atoms with Crippen LogP contribution >= 0.6 is 11.3 Å². The van der Waals surface area contributed by atoms with Gasteiger partial charge in [-0.15, -0.1) is 0 Å². The van der Waals surface area contributed by atoms with E-state index in [4.69, 9.17) is 0 Å². The molecule has 6 nitrogen and oxygen atoms in total. The molecule has 2 N–H and O–H groups in total. The highest BCUT2D eigenvalue weighted by Gasteiger charge is 2.50. The predicted molar refractivity (Wildman–Crippen MR) is 81.0 cm³/mol. The Labute approximate surface area is 130 Å². The lowest BCUT2D eigenvalue weighted by Gasteiger charge is -2.22. The molecular weight excluding hydrogens is 302 g/mol. The molecule has 4 amide bonds. The molecule has 1 saturated heterocycles. The molecule has 22 heavy (non-hydrogen) atoms. The van der Waals surface area contributed by atoms with E-state index in [9.17, 15) is 14.4 Å². The summed E-state index contributed by atoms with van der Waals surface area (Å²) in [6.07, 6.45) is 0. The molecule has 7 heteroatoms. The van der Waals surface area contributed by atoms with Gasteiger partial charge in [0.2, 0.25) is 0 Å². The number of thiophene rings is 1. The van der Waals surface area contributed by atoms with Crippen molar-refractivity contribution in [3.63, 3.8) is 0 Å². The quantitative estimate of drug-likeness (QED) is 0.849. The summed E-state index contributed by atoms with van der Waals surface area (Å²) in [5.41, 5.74) is 2.21. The molecule has 0 bridgehead atoms. The number of carbonyl (C=O) groups is 3. The Kier molecular flexibility index (Phi) is 3.42. The zero-order valence-electron chi connectivity index (χ0n) is 11.7. The normalized spacial score (nSPS) is 20.9. The highest BCUT2D eigenvalue weighted by atomic mass is 32.1. The van der Waals surface area contributed by atoms with E-state index in [1.54, 1.807) is 48.0 Å². The first-order valence-electron chi connectivity index (χ1n) is 6.58. The lowest BCUT2D eigenvalue weighted by atomic mass is 9.92. The summed E-state index contributed by atoms with van der Waals surface area (Å²) < 4.78 is 0. The van der Waals surface area contributed by atoms with E-state index in [0.29, 0.717) is 11.1 Å². The van der Waals surface area contributed by atoms with Crippen molar-refractivity contribution in [2.75, 3.05) is 0 Å². The molecule has 2 heterocycles. The smallest absolute Gasteiger partial charge is 0.318 e. The third-order valence-corrected chi connectivity index (χ3v) is 4.22. The predicted octanol–water partition coefficient (Wildman–Crippen LogP) is 1.86. The van der Waals surface area contributed by atoms with E-state index in [-0.39, 0.29) is 0 Å². The zero-order chi connectivity index (χ0) is 15.7. The summed E-state index contributed by atoms with van der Waals surface area (Å²) >= 11 is 1.36. The molecule has 1 fully saturated rings. The molecule has 2 aromatic rings. The summed E-state index contributed by atoms with van der Waals surface area (Å²) in [4.78, 5) is 36.7. The molecule has 112 valence electrons. The van der Waals surface area contributed by atoms with Crippen molar-refractivity contribution in [1.29, 1.82) is 0 Å². The van der Waals surface area contributed by atoms with Gasteiger partial charge in [0, 0.05) is 5.38 Å². The van der Waals surface area contributed by atoms with Crippen LogP contribution in [0.5, 0.6) is 0 Å². The third-order valence-electron chi connectivity index (χ3n) is 3.54. The van der Waals surface area contributed by atoms with Gasteiger partial charge in [0.1, 0.15) is 5.54 Å². The molecule has 0 saturated carbocycles. The summed E-state index contributed by atoms with van der Waals surface area (Å²) in [6, 6.07) is 9.86. The fourth-order valence-electron chi connectivity index (χ4n) is 2.27. The van der Waals surface area contributed by atoms with Crippen molar-refractivity contribution in [3.05, 3.63) is 58.3 Å². The number of nitrogens with one attached hydrogen (secondary N) is 2. The van der Waals surface area contributed by atoms with E-state index in [1.807, 2.05) is 6.07 Å². The SMILES string of the molecule is CC1(c2ccccc2)NC(=O)N(NC(=O)c2ccsc2)C1=O. The van der Waals surface area contributed by atoms with Gasteiger partial charge < -0.3 is 5.32 Å². The minimum atomic E-state index is -1.19. The van der Waals surface area contributed by atoms with Crippen molar-refractivity contribution >= 4 is 29.2 Å². The van der Waals surface area contributed by atoms with E-state index in [1.165, 1.54) is 11.3 Å². The number of hydrazine groups is 1. The van der Waals surface area contributed by atoms with Crippen LogP contribution in [0.25, 0.3) is 0 Å². The van der Waals surface area contributed by atoms with Gasteiger partial charge in [-0.2, -0.15) is 16.3 Å². The number of nitrogens with zero attached hydrogens (tertiary/aromatic N) is 1. The minimum absolute atomic E-state index is 0.402. The van der Waals surface area contributed by atoms with Crippen molar-refractivity contribution in [2.45, 2.75) is 12.5 Å². The molecule has 1 aromatic heterocycles. The van der Waals surface area contributed by atoms with Gasteiger partial charge in [-0.1, -0.05) is 30.3 Å². The van der Waals surface area contributed by atoms with Gasteiger partial charge >= 0.3 is 6.03 Å². The fourth-order valence-corrected chi connectivity index (χ4v) is 2.90. The average Bonchev–Trinajstić information content (AvgIpc) is 3.12. The average molecular weight is 315 g/mol. The standard InChI is InChI=1S/C15H13N3O3S/c1-15(11-5-3-2-4-6-11)13(20)18(14(21)16-15)17-12(19)10-7-8-22-9-10/h2-9H,1H3,(H,16,21)(H,17,19). The van der Waals surface area contributed by atoms with E-state index in [2.05, 4.69) is 10.7 Å². The van der Waals surface area contributed by atoms with Crippen LogP contribution < -0.4 is 10.7 Å². The lowest BCUT2D eigenvalue weighted by Crippen LogP contribution is -2.47. The number of rotatable bonds is 3. The first-order valence-corrected chi connectivity index (χ1v) is 7.52. The van der Waals surface area contributed by atoms with Crippen LogP contribution in [0, 0.1) is 0 Å². The van der Waals surface area contributed by atoms with E-state index in [0.717, 1.165) is 5.01 Å². The maximum absolute atomic E-state index is 12.6. The van der Waals surface area contributed by atoms with Crippen LogP contribution in [0.3, 0.4) is 0 Å². The number of urea groups is 1. The van der Waals surface area contributed by atoms with Crippen LogP contribution in [0.1, 0.15) is 22.8 Å². The Morgan fingerprint density at radius 3 is 2.59 bits per heavy atom. The largest absolute Gasteiger partial charge is 0.344 e. The molecule has 0 radical (unpaired) electrons. The Morgan fingerprint density at radius 2 is 1.95 bits per heavy atom. The first kappa shape index (κ1) is 14.3. The molecule has 1 atom stereocenters. The van der Waals surface area contributed by atoms with Crippen LogP contribution in [0.4, 0.5) is 4.79 Å². The summed E-state index contributed by atoms with van der Waals surface area (Å²) in [7, 11) is 0. The Balaban J connectivity index is 1.84. The van der Waals surface area contributed by atoms with E-state index >= 15 is 0 Å². The maximum Gasteiger partial charge on any atom is 0.344 e. The van der Waals surface area contributed by atoms with Gasteiger partial charge in [0.15, 0.2) is 0 Å². The topological polar surface area (TPSA) is 78.5 Å². The fraction of sp³-hybridized carbons (Fsp3) is 0.133. The molecule has 3 rings (SSSR count). The number of benzene rings is 1. The first-order chi connectivity index (χ1) is 10.5. The Hall–Kier alpha value is -2.67. The molecule has 1 aromatic carbocycles. The Bertz CT molecular complexity index is 730. The van der Waals surface area contributed by atoms with Crippen molar-refractivity contribution in [3.8, 4) is 0 Å². The zero-order valence-corrected chi connectivity index (χ0v) is 12.5. The third kappa shape index (κ3) is 2.25. The molecule has 1 unspecified atom stereocenters. The maximum atomic E-state index is 12.6. The number of imide groups is 1. The van der Waals surface area contributed by atoms with Crippen LogP contribution in [-0.2, 0) is 10.3 Å². The van der Waals surface area contributed by atoms with Gasteiger partial charge in [-0.25, -0.2) is 4.79 Å². The molecular formula is C15H13N3O3S. The lowest BCUT2D eigenvalue weighted by molar-refractivity contribution is -0.132. The van der Waals surface area contributed by atoms with Gasteiger partial charge in [-0.05, 0) is 23.9 Å². The minimum Gasteiger partial charge on any atom is -0.318 e. The van der Waals surface area contributed by atoms with Crippen LogP contribution in [0.15, 0.2) is 47.2 Å². The molecule has 1 aliphatic rings. The van der Waals surface area contributed by atoms with Gasteiger partial charge in [0.25, 0.3) is 11.8 Å². The number of carbonyl (C=O) groups excluding carboxylic acids is 3. The number of hydrogen-bond acceptors (Lipinski definition) is 4. The number of hydrogen-bond donors (Lipinski definition) is 2. The van der Waals surface area contributed by atoms with Gasteiger partial charge in [0.05, 0.1) is 5.56 Å². The second-order valence-electron chi connectivity index (χ2n) is 5.01. The summed E-state index contributed by atoms with van der Waals surface area (Å²) in [5, 5.41) is 6.74. The monoisotopic (exact) mass is 315 g/mol. The van der Waals surface area contributed by atoms with Crippen molar-refractivity contribution < 1.29 is 14.4 Å². The second kappa shape index (κ2) is 5.27. The van der Waals surface area contributed by atoms with Gasteiger partial charge in [-0.3, -0.25) is 15.0 Å². The van der Waals surface area contributed by atoms with Crippen molar-refractivity contribution in [1.82, 2.24) is 15.8 Å². The molecule has 0 aliphatic carbocycles. The summed E-state index contributed by atoms with van der Waals surface area (Å²) in [6.45, 7) is 1.61. The summed E-state index contributed by atoms with van der Waals surface area (Å²) in [5.74, 6) is -1.02. The van der Waals surface area contributed by atoms with Crippen molar-refractivity contribution in [2.24, 2.45) is 0 Å². The van der Waals surface area contributed by atoms with Crippen LogP contribution in [0.2, 0.25) is 0 Å². The molecule has 1 aliphatic heterocycles. The number of amides is 4. The highest BCUT2D eigenvalue weighted by Crippen LogP contribution is 2.27. The second-order valence-corrected chi connectivity index (χ2v) is 5.79. The molecule has 0 spiro atoms. The Morgan fingerprint density at radius 1 is 1.23 bits per heavy atom. The van der Waals surface area contributed by atoms with E-state index < -0.39 is 23.4 Å².